The number of hydrogen-bond donors (Lipinski definition) is 0. The SMILES string of the molecule is COc1c(Cl)ccc([C]=O)c1OC. The van der Waals surface area contributed by atoms with E-state index in [2.05, 4.69) is 0 Å². The van der Waals surface area contributed by atoms with Gasteiger partial charge in [-0.3, -0.25) is 4.79 Å². The summed E-state index contributed by atoms with van der Waals surface area (Å²) in [5.74, 6) is 0.662. The molecule has 0 heterocycles. The highest BCUT2D eigenvalue weighted by Crippen LogP contribution is 2.36. The Morgan fingerprint density at radius 2 is 1.85 bits per heavy atom. The fourth-order valence-electron chi connectivity index (χ4n) is 1.01. The van der Waals surface area contributed by atoms with Crippen molar-refractivity contribution in [3.63, 3.8) is 0 Å². The second kappa shape index (κ2) is 4.14. The Kier molecular flexibility index (Phi) is 3.14. The molecule has 1 aromatic rings. The van der Waals surface area contributed by atoms with Crippen LogP contribution in [-0.2, 0) is 4.79 Å². The van der Waals surface area contributed by atoms with Crippen molar-refractivity contribution in [2.45, 2.75) is 0 Å². The average Bonchev–Trinajstić information content (AvgIpc) is 2.17. The number of carbonyl (C=O) groups excluding carboxylic acids is 1. The summed E-state index contributed by atoms with van der Waals surface area (Å²) in [5.41, 5.74) is 0.295. The molecule has 1 radical (unpaired) electrons. The number of hydrogen-bond acceptors (Lipinski definition) is 3. The summed E-state index contributed by atoms with van der Waals surface area (Å²) in [5, 5.41) is 0.401. The van der Waals surface area contributed by atoms with Crippen LogP contribution in [0, 0.1) is 0 Å². The van der Waals surface area contributed by atoms with Crippen molar-refractivity contribution >= 4 is 17.9 Å². The Morgan fingerprint density at radius 1 is 1.23 bits per heavy atom. The average molecular weight is 200 g/mol. The van der Waals surface area contributed by atoms with Crippen molar-refractivity contribution in [2.75, 3.05) is 14.2 Å². The van der Waals surface area contributed by atoms with E-state index in [9.17, 15) is 4.79 Å². The van der Waals surface area contributed by atoms with E-state index >= 15 is 0 Å². The molecule has 0 saturated carbocycles. The summed E-state index contributed by atoms with van der Waals surface area (Å²) in [6, 6.07) is 3.08. The predicted molar refractivity (Wildman–Crippen MR) is 49.4 cm³/mol. The van der Waals surface area contributed by atoms with Crippen molar-refractivity contribution in [3.05, 3.63) is 22.7 Å². The smallest absolute Gasteiger partial charge is 0.237 e. The molecular weight excluding hydrogens is 192 g/mol. The van der Waals surface area contributed by atoms with E-state index in [4.69, 9.17) is 21.1 Å². The number of ether oxygens (including phenoxy) is 2. The Morgan fingerprint density at radius 3 is 2.31 bits per heavy atom. The van der Waals surface area contributed by atoms with E-state index in [1.165, 1.54) is 20.3 Å². The molecule has 0 aliphatic rings. The quantitative estimate of drug-likeness (QED) is 0.745. The fraction of sp³-hybridized carbons (Fsp3) is 0.222. The van der Waals surface area contributed by atoms with Crippen molar-refractivity contribution in [1.29, 1.82) is 0 Å². The van der Waals surface area contributed by atoms with Crippen LogP contribution in [0.5, 0.6) is 11.5 Å². The molecule has 4 heteroatoms. The van der Waals surface area contributed by atoms with E-state index in [-0.39, 0.29) is 0 Å². The Bertz CT molecular complexity index is 323. The molecule has 0 N–H and O–H groups in total. The maximum Gasteiger partial charge on any atom is 0.237 e. The molecule has 0 spiro atoms. The minimum absolute atomic E-state index is 0.295. The monoisotopic (exact) mass is 199 g/mol. The number of rotatable bonds is 3. The molecule has 0 aliphatic carbocycles. The predicted octanol–water partition coefficient (Wildman–Crippen LogP) is 1.81. The van der Waals surface area contributed by atoms with Crippen LogP contribution < -0.4 is 9.47 Å². The third-order valence-corrected chi connectivity index (χ3v) is 1.88. The molecular formula is C9H8ClO3. The normalized spacial score (nSPS) is 9.46. The molecule has 0 amide bonds. The zero-order valence-corrected chi connectivity index (χ0v) is 8.01. The van der Waals surface area contributed by atoms with Gasteiger partial charge in [0.1, 0.15) is 0 Å². The first-order chi connectivity index (χ1) is 6.24. The van der Waals surface area contributed by atoms with Crippen LogP contribution in [0.3, 0.4) is 0 Å². The number of benzene rings is 1. The zero-order chi connectivity index (χ0) is 9.84. The summed E-state index contributed by atoms with van der Waals surface area (Å²) in [6.07, 6.45) is 1.73. The van der Waals surface area contributed by atoms with Crippen LogP contribution >= 0.6 is 11.6 Å². The maximum atomic E-state index is 10.5. The van der Waals surface area contributed by atoms with Crippen molar-refractivity contribution in [1.82, 2.24) is 0 Å². The lowest BCUT2D eigenvalue weighted by atomic mass is 10.2. The molecule has 0 bridgehead atoms. The Balaban J connectivity index is 3.35. The van der Waals surface area contributed by atoms with Gasteiger partial charge >= 0.3 is 0 Å². The van der Waals surface area contributed by atoms with Crippen LogP contribution in [0.2, 0.25) is 5.02 Å². The molecule has 0 saturated heterocycles. The van der Waals surface area contributed by atoms with Gasteiger partial charge in [0.25, 0.3) is 0 Å². The molecule has 3 nitrogen and oxygen atoms in total. The molecule has 1 aromatic carbocycles. The van der Waals surface area contributed by atoms with Gasteiger partial charge in [0, 0.05) is 0 Å². The van der Waals surface area contributed by atoms with Crippen LogP contribution in [0.15, 0.2) is 12.1 Å². The minimum atomic E-state index is 0.295. The lowest BCUT2D eigenvalue weighted by Crippen LogP contribution is -1.95. The van der Waals surface area contributed by atoms with Crippen LogP contribution in [0.25, 0.3) is 0 Å². The maximum absolute atomic E-state index is 10.5. The molecule has 13 heavy (non-hydrogen) atoms. The van der Waals surface area contributed by atoms with Gasteiger partial charge in [-0.15, -0.1) is 0 Å². The highest BCUT2D eigenvalue weighted by molar-refractivity contribution is 6.32. The first-order valence-corrected chi connectivity index (χ1v) is 3.91. The first kappa shape index (κ1) is 9.86. The van der Waals surface area contributed by atoms with E-state index in [1.54, 1.807) is 12.4 Å². The van der Waals surface area contributed by atoms with E-state index in [0.717, 1.165) is 0 Å². The van der Waals surface area contributed by atoms with Gasteiger partial charge in [-0.1, -0.05) is 11.6 Å². The van der Waals surface area contributed by atoms with Gasteiger partial charge in [0.05, 0.1) is 24.8 Å². The van der Waals surface area contributed by atoms with E-state index in [1.807, 2.05) is 0 Å². The van der Waals surface area contributed by atoms with Gasteiger partial charge < -0.3 is 9.47 Å². The number of halogens is 1. The molecule has 0 fully saturated rings. The molecule has 1 rings (SSSR count). The van der Waals surface area contributed by atoms with Crippen molar-refractivity contribution < 1.29 is 14.3 Å². The van der Waals surface area contributed by atoms with Gasteiger partial charge in [0.15, 0.2) is 11.5 Å². The molecule has 0 unspecified atom stereocenters. The van der Waals surface area contributed by atoms with Gasteiger partial charge in [0.2, 0.25) is 6.29 Å². The number of methoxy groups -OCH3 is 2. The Labute approximate surface area is 81.2 Å². The minimum Gasteiger partial charge on any atom is -0.492 e. The van der Waals surface area contributed by atoms with E-state index in [0.29, 0.717) is 22.1 Å². The second-order valence-corrected chi connectivity index (χ2v) is 2.67. The zero-order valence-electron chi connectivity index (χ0n) is 7.26. The summed E-state index contributed by atoms with van der Waals surface area (Å²) in [4.78, 5) is 10.5. The first-order valence-electron chi connectivity index (χ1n) is 3.53. The Hall–Kier alpha value is -1.22. The van der Waals surface area contributed by atoms with Crippen LogP contribution in [-0.4, -0.2) is 20.5 Å². The summed E-state index contributed by atoms with van der Waals surface area (Å²) < 4.78 is 9.94. The highest BCUT2D eigenvalue weighted by atomic mass is 35.5. The van der Waals surface area contributed by atoms with Crippen molar-refractivity contribution in [2.24, 2.45) is 0 Å². The van der Waals surface area contributed by atoms with Crippen molar-refractivity contribution in [3.8, 4) is 11.5 Å². The van der Waals surface area contributed by atoms with Crippen LogP contribution in [0.4, 0.5) is 0 Å². The summed E-state index contributed by atoms with van der Waals surface area (Å²) in [7, 11) is 2.90. The third-order valence-electron chi connectivity index (χ3n) is 1.58. The lowest BCUT2D eigenvalue weighted by Gasteiger charge is -2.09. The highest BCUT2D eigenvalue weighted by Gasteiger charge is 2.13. The summed E-state index contributed by atoms with van der Waals surface area (Å²) >= 11 is 5.80. The molecule has 69 valence electrons. The second-order valence-electron chi connectivity index (χ2n) is 2.26. The standard InChI is InChI=1S/C9H8ClO3/c1-12-8-6(5-11)3-4-7(10)9(8)13-2/h3-4H,1-2H3. The molecule has 0 aliphatic heterocycles. The third kappa shape index (κ3) is 1.75. The lowest BCUT2D eigenvalue weighted by molar-refractivity contribution is 0.354. The van der Waals surface area contributed by atoms with Crippen LogP contribution in [0.1, 0.15) is 5.56 Å². The summed E-state index contributed by atoms with van der Waals surface area (Å²) in [6.45, 7) is 0. The van der Waals surface area contributed by atoms with Gasteiger partial charge in [-0.2, -0.15) is 0 Å². The topological polar surface area (TPSA) is 35.5 Å². The van der Waals surface area contributed by atoms with Gasteiger partial charge in [-0.25, -0.2) is 0 Å². The fourth-order valence-corrected chi connectivity index (χ4v) is 1.24. The molecule has 0 atom stereocenters. The largest absolute Gasteiger partial charge is 0.492 e. The van der Waals surface area contributed by atoms with E-state index < -0.39 is 0 Å². The molecule has 0 aromatic heterocycles. The van der Waals surface area contributed by atoms with Gasteiger partial charge in [-0.05, 0) is 12.1 Å².